The van der Waals surface area contributed by atoms with Crippen molar-refractivity contribution in [1.29, 1.82) is 5.26 Å². The molecule has 180 valence electrons. The average molecular weight is 468 g/mol. The highest BCUT2D eigenvalue weighted by Gasteiger charge is 2.17. The second-order valence-corrected chi connectivity index (χ2v) is 9.77. The zero-order chi connectivity index (χ0) is 24.1. The zero-order valence-electron chi connectivity index (χ0n) is 21.2. The second-order valence-electron chi connectivity index (χ2n) is 9.01. The van der Waals surface area contributed by atoms with E-state index in [0.29, 0.717) is 16.3 Å². The molecule has 0 N–H and O–H groups in total. The Labute approximate surface area is 205 Å². The molecule has 33 heavy (non-hydrogen) atoms. The van der Waals surface area contributed by atoms with Crippen LogP contribution in [0.2, 0.25) is 0 Å². The van der Waals surface area contributed by atoms with Crippen molar-refractivity contribution in [2.45, 2.75) is 86.0 Å². The number of aryl methyl sites for hydroxylation is 1. The minimum atomic E-state index is 0.516. The Kier molecular flexibility index (Phi) is 12.1. The predicted octanol–water partition coefficient (Wildman–Crippen LogP) is 8.98. The molecule has 0 bridgehead atoms. The molecule has 2 atom stereocenters. The molecule has 0 amide bonds. The molecule has 0 saturated carbocycles. The maximum atomic E-state index is 9.28. The number of aromatic nitrogens is 1. The standard InChI is InChI=1S/C27H41N5S/c1-6-10-12-22(8-3)19-32(20-23(9-4)13-11-7-2)25-16-14-24(15-17-25)29-30-27-26(18-28)21(5)31-33-27/h14-17,22-23H,6-13,19-20H2,1-5H3. The topological polar surface area (TPSA) is 64.6 Å². The quantitative estimate of drug-likeness (QED) is 0.245. The van der Waals surface area contributed by atoms with Crippen LogP contribution in [0, 0.1) is 30.1 Å². The molecule has 0 aliphatic rings. The monoisotopic (exact) mass is 467 g/mol. The number of hydrogen-bond donors (Lipinski definition) is 0. The van der Waals surface area contributed by atoms with Crippen LogP contribution in [0.25, 0.3) is 0 Å². The Morgan fingerprint density at radius 2 is 1.52 bits per heavy atom. The van der Waals surface area contributed by atoms with Crippen molar-refractivity contribution < 1.29 is 0 Å². The molecule has 2 unspecified atom stereocenters. The molecule has 0 saturated heterocycles. The summed E-state index contributed by atoms with van der Waals surface area (Å²) in [4.78, 5) is 2.61. The molecular formula is C27H41N5S. The van der Waals surface area contributed by atoms with Gasteiger partial charge in [-0.2, -0.15) is 9.64 Å². The Bertz CT molecular complexity index is 863. The molecule has 1 aromatic heterocycles. The van der Waals surface area contributed by atoms with Crippen LogP contribution in [0.5, 0.6) is 0 Å². The van der Waals surface area contributed by atoms with Gasteiger partial charge in [0.15, 0.2) is 5.00 Å². The average Bonchev–Trinajstić information content (AvgIpc) is 3.21. The Hall–Kier alpha value is -2.26. The third-order valence-electron chi connectivity index (χ3n) is 6.47. The van der Waals surface area contributed by atoms with Crippen molar-refractivity contribution >= 4 is 27.9 Å². The summed E-state index contributed by atoms with van der Waals surface area (Å²) < 4.78 is 4.21. The molecule has 0 radical (unpaired) electrons. The van der Waals surface area contributed by atoms with Gasteiger partial charge < -0.3 is 4.90 Å². The van der Waals surface area contributed by atoms with E-state index < -0.39 is 0 Å². The van der Waals surface area contributed by atoms with E-state index in [2.05, 4.69) is 65.4 Å². The molecule has 0 aliphatic carbocycles. The number of nitrogens with zero attached hydrogens (tertiary/aromatic N) is 5. The Balaban J connectivity index is 2.18. The second kappa shape index (κ2) is 14.8. The number of unbranched alkanes of at least 4 members (excludes halogenated alkanes) is 2. The van der Waals surface area contributed by atoms with Gasteiger partial charge in [0.2, 0.25) is 0 Å². The molecule has 1 aromatic carbocycles. The highest BCUT2D eigenvalue weighted by Crippen LogP contribution is 2.30. The smallest absolute Gasteiger partial charge is 0.176 e. The fourth-order valence-electron chi connectivity index (χ4n) is 4.13. The summed E-state index contributed by atoms with van der Waals surface area (Å²) in [6, 6.07) is 10.6. The number of rotatable bonds is 15. The van der Waals surface area contributed by atoms with Crippen molar-refractivity contribution in [3.63, 3.8) is 0 Å². The van der Waals surface area contributed by atoms with E-state index in [1.807, 2.05) is 19.1 Å². The van der Waals surface area contributed by atoms with Crippen LogP contribution in [-0.4, -0.2) is 17.5 Å². The van der Waals surface area contributed by atoms with Crippen molar-refractivity contribution in [2.24, 2.45) is 22.1 Å². The molecule has 0 aliphatic heterocycles. The lowest BCUT2D eigenvalue weighted by Crippen LogP contribution is -2.34. The molecule has 0 spiro atoms. The predicted molar refractivity (Wildman–Crippen MR) is 141 cm³/mol. The first-order valence-electron chi connectivity index (χ1n) is 12.7. The highest BCUT2D eigenvalue weighted by molar-refractivity contribution is 7.10. The van der Waals surface area contributed by atoms with Crippen LogP contribution >= 0.6 is 11.5 Å². The van der Waals surface area contributed by atoms with Gasteiger partial charge in [0, 0.05) is 18.8 Å². The summed E-state index contributed by atoms with van der Waals surface area (Å²) in [5.41, 5.74) is 3.29. The third-order valence-corrected chi connectivity index (χ3v) is 7.30. The Morgan fingerprint density at radius 3 is 2.00 bits per heavy atom. The normalized spacial score (nSPS) is 13.2. The van der Waals surface area contributed by atoms with Gasteiger partial charge in [-0.25, -0.2) is 0 Å². The van der Waals surface area contributed by atoms with Gasteiger partial charge >= 0.3 is 0 Å². The molecular weight excluding hydrogens is 426 g/mol. The van der Waals surface area contributed by atoms with Gasteiger partial charge in [0.05, 0.1) is 11.4 Å². The first-order chi connectivity index (χ1) is 16.1. The van der Waals surface area contributed by atoms with Crippen molar-refractivity contribution in [1.82, 2.24) is 4.37 Å². The maximum absolute atomic E-state index is 9.28. The van der Waals surface area contributed by atoms with Crippen molar-refractivity contribution in [2.75, 3.05) is 18.0 Å². The molecule has 5 nitrogen and oxygen atoms in total. The first-order valence-corrected chi connectivity index (χ1v) is 13.5. The zero-order valence-corrected chi connectivity index (χ0v) is 22.0. The summed E-state index contributed by atoms with van der Waals surface area (Å²) >= 11 is 1.22. The van der Waals surface area contributed by atoms with E-state index in [4.69, 9.17) is 0 Å². The van der Waals surface area contributed by atoms with Crippen LogP contribution in [-0.2, 0) is 0 Å². The third kappa shape index (κ3) is 8.55. The van der Waals surface area contributed by atoms with Crippen LogP contribution in [0.4, 0.5) is 16.4 Å². The van der Waals surface area contributed by atoms with Gasteiger partial charge in [-0.1, -0.05) is 66.2 Å². The molecule has 6 heteroatoms. The molecule has 1 heterocycles. The Morgan fingerprint density at radius 1 is 0.939 bits per heavy atom. The van der Waals surface area contributed by atoms with Gasteiger partial charge in [0.1, 0.15) is 11.6 Å². The van der Waals surface area contributed by atoms with Crippen LogP contribution in [0.3, 0.4) is 0 Å². The summed E-state index contributed by atoms with van der Waals surface area (Å²) in [6.07, 6.45) is 10.2. The summed E-state index contributed by atoms with van der Waals surface area (Å²) in [5, 5.41) is 18.5. The van der Waals surface area contributed by atoms with Gasteiger partial charge in [-0.3, -0.25) is 0 Å². The van der Waals surface area contributed by atoms with E-state index in [1.165, 1.54) is 68.6 Å². The number of anilines is 1. The lowest BCUT2D eigenvalue weighted by atomic mass is 9.95. The fraction of sp³-hybridized carbons (Fsp3) is 0.630. The van der Waals surface area contributed by atoms with E-state index in [-0.39, 0.29) is 0 Å². The largest absolute Gasteiger partial charge is 0.371 e. The minimum Gasteiger partial charge on any atom is -0.371 e. The molecule has 2 aromatic rings. The van der Waals surface area contributed by atoms with E-state index in [0.717, 1.165) is 30.6 Å². The van der Waals surface area contributed by atoms with Crippen LogP contribution < -0.4 is 4.90 Å². The number of hydrogen-bond acceptors (Lipinski definition) is 6. The summed E-state index contributed by atoms with van der Waals surface area (Å²) in [6.45, 7) is 13.3. The van der Waals surface area contributed by atoms with Gasteiger partial charge in [0.25, 0.3) is 0 Å². The van der Waals surface area contributed by atoms with E-state index in [1.54, 1.807) is 0 Å². The lowest BCUT2D eigenvalue weighted by Gasteiger charge is -2.32. The SMILES string of the molecule is CCCCC(CC)CN(CC(CC)CCCC)c1ccc(N=Nc2snc(C)c2C#N)cc1. The number of benzene rings is 1. The minimum absolute atomic E-state index is 0.516. The fourth-order valence-corrected chi connectivity index (χ4v) is 4.81. The summed E-state index contributed by atoms with van der Waals surface area (Å²) in [7, 11) is 0. The van der Waals surface area contributed by atoms with Crippen molar-refractivity contribution in [3.05, 3.63) is 35.5 Å². The van der Waals surface area contributed by atoms with Crippen LogP contribution in [0.1, 0.15) is 90.3 Å². The first kappa shape index (κ1) is 27.0. The van der Waals surface area contributed by atoms with Crippen LogP contribution in [0.15, 0.2) is 34.5 Å². The highest BCUT2D eigenvalue weighted by atomic mass is 32.1. The van der Waals surface area contributed by atoms with Crippen molar-refractivity contribution in [3.8, 4) is 6.07 Å². The number of azo groups is 1. The molecule has 0 fully saturated rings. The van der Waals surface area contributed by atoms with Gasteiger partial charge in [-0.05, 0) is 67.4 Å². The lowest BCUT2D eigenvalue weighted by molar-refractivity contribution is 0.403. The summed E-state index contributed by atoms with van der Waals surface area (Å²) in [5.74, 6) is 1.46. The maximum Gasteiger partial charge on any atom is 0.176 e. The van der Waals surface area contributed by atoms with E-state index in [9.17, 15) is 5.26 Å². The van der Waals surface area contributed by atoms with Gasteiger partial charge in [-0.15, -0.1) is 10.2 Å². The van der Waals surface area contributed by atoms with E-state index >= 15 is 0 Å². The molecule has 2 rings (SSSR count). The number of nitriles is 1.